The molecule has 0 heterocycles. The van der Waals surface area contributed by atoms with Crippen LogP contribution >= 0.6 is 0 Å². The third kappa shape index (κ3) is 2.75. The Morgan fingerprint density at radius 1 is 0.636 bits per heavy atom. The van der Waals surface area contributed by atoms with Crippen LogP contribution in [0.3, 0.4) is 0 Å². The number of hydrogen-bond donors (Lipinski definition) is 0. The maximum atomic E-state index is 2.80. The van der Waals surface area contributed by atoms with Crippen molar-refractivity contribution in [1.82, 2.24) is 0 Å². The molecule has 0 aromatic rings. The molecule has 0 aliphatic carbocycles. The van der Waals surface area contributed by atoms with Crippen molar-refractivity contribution in [2.45, 2.75) is 43.9 Å². The minimum absolute atomic E-state index is 0.183. The molecule has 0 saturated heterocycles. The first-order valence-corrected chi connectivity index (χ1v) is 28.7. The van der Waals surface area contributed by atoms with E-state index in [1.165, 1.54) is 0 Å². The molecule has 0 aliphatic rings. The molecule has 0 aromatic heterocycles. The van der Waals surface area contributed by atoms with Gasteiger partial charge in [-0.15, -0.1) is 0 Å². The van der Waals surface area contributed by atoms with Crippen molar-refractivity contribution in [2.24, 2.45) is 0 Å². The molecule has 0 rings (SSSR count). The second-order valence-electron chi connectivity index (χ2n) is 4.83. The first-order chi connectivity index (χ1) is 4.83. The van der Waals surface area contributed by atoms with Gasteiger partial charge in [-0.05, 0) is 0 Å². The van der Waals surface area contributed by atoms with Crippen LogP contribution in [0.4, 0.5) is 0 Å². The van der Waals surface area contributed by atoms with Crippen LogP contribution in [0.25, 0.3) is 0 Å². The van der Waals surface area contributed by atoms with E-state index in [0.717, 1.165) is 0 Å². The van der Waals surface area contributed by atoms with Crippen molar-refractivity contribution in [3.8, 4) is 0 Å². The van der Waals surface area contributed by atoms with Gasteiger partial charge in [0.05, 0.1) is 0 Å². The van der Waals surface area contributed by atoms with Gasteiger partial charge in [0, 0.05) is 0 Å². The number of rotatable bonds is 3. The van der Waals surface area contributed by atoms with Crippen molar-refractivity contribution in [1.29, 1.82) is 0 Å². The molecule has 0 N–H and O–H groups in total. The van der Waals surface area contributed by atoms with Crippen molar-refractivity contribution in [3.63, 3.8) is 0 Å². The zero-order chi connectivity index (χ0) is 9.23. The van der Waals surface area contributed by atoms with Crippen LogP contribution in [-0.4, -0.2) is 17.8 Å². The molecule has 0 spiro atoms. The third-order valence-corrected chi connectivity index (χ3v) is 137. The van der Waals surface area contributed by atoms with Gasteiger partial charge in [-0.1, -0.05) is 0 Å². The van der Waals surface area contributed by atoms with Crippen LogP contribution in [0, 0.1) is 0 Å². The molecule has 0 aromatic carbocycles. The monoisotopic (exact) mass is 282 g/mol. The average Bonchev–Trinajstić information content (AvgIpc) is 1.84. The molecule has 68 valence electrons. The van der Waals surface area contributed by atoms with Crippen LogP contribution < -0.4 is 0 Å². The summed E-state index contributed by atoms with van der Waals surface area (Å²) in [5.74, 6) is -0.548. The molecule has 0 amide bonds. The van der Waals surface area contributed by atoms with Gasteiger partial charge >= 0.3 is 79.4 Å². The summed E-state index contributed by atoms with van der Waals surface area (Å²) in [6.45, 7) is 15.8. The summed E-state index contributed by atoms with van der Waals surface area (Å²) >= 11 is -1.32. The van der Waals surface area contributed by atoms with Crippen LogP contribution in [-0.2, 0) is 17.7 Å². The van der Waals surface area contributed by atoms with Crippen LogP contribution in [0.2, 0.25) is 43.9 Å². The average molecular weight is 284 g/mol. The molecule has 0 saturated carbocycles. The summed E-state index contributed by atoms with van der Waals surface area (Å²) in [4.78, 5) is 0. The first kappa shape index (κ1) is 12.5. The van der Waals surface area contributed by atoms with Gasteiger partial charge in [-0.2, -0.15) is 0 Å². The Hall–Kier alpha value is 1.53. The Kier molecular flexibility index (Phi) is 5.33. The standard InChI is InChI=1S/3C2H7Si.CH3.Zr/c3*1-3-2;;/h3*3H,1-2H3;1H3;. The fraction of sp³-hybridized carbons (Fsp3) is 1.00. The fourth-order valence-corrected chi connectivity index (χ4v) is 106. The Bertz CT molecular complexity index is 101. The van der Waals surface area contributed by atoms with Crippen molar-refractivity contribution in [3.05, 3.63) is 0 Å². The van der Waals surface area contributed by atoms with Gasteiger partial charge in [0.1, 0.15) is 0 Å². The Labute approximate surface area is 78.9 Å². The molecule has 0 aliphatic heterocycles. The second-order valence-corrected chi connectivity index (χ2v) is 77.9. The van der Waals surface area contributed by atoms with E-state index >= 15 is 0 Å². The molecule has 0 atom stereocenters. The summed E-state index contributed by atoms with van der Waals surface area (Å²) in [6.07, 6.45) is 0. The van der Waals surface area contributed by atoms with Crippen molar-refractivity contribution in [2.75, 3.05) is 0 Å². The Balaban J connectivity index is 4.53. The zero-order valence-electron chi connectivity index (χ0n) is 9.23. The van der Waals surface area contributed by atoms with E-state index in [4.69, 9.17) is 0 Å². The summed E-state index contributed by atoms with van der Waals surface area (Å²) in [5.41, 5.74) is 0. The molecule has 0 fully saturated rings. The summed E-state index contributed by atoms with van der Waals surface area (Å²) in [7, 11) is 0. The quantitative estimate of drug-likeness (QED) is 0.696. The Morgan fingerprint density at radius 3 is 0.818 bits per heavy atom. The third-order valence-electron chi connectivity index (χ3n) is 3.73. The molecular weight excluding hydrogens is 260 g/mol. The van der Waals surface area contributed by atoms with E-state index < -0.39 is 17.7 Å². The van der Waals surface area contributed by atoms with Gasteiger partial charge in [0.2, 0.25) is 0 Å². The molecule has 4 heteroatoms. The second kappa shape index (κ2) is 4.68. The summed E-state index contributed by atoms with van der Waals surface area (Å²) < 4.78 is 2.80. The zero-order valence-corrected chi connectivity index (χ0v) is 15.2. The van der Waals surface area contributed by atoms with E-state index in [-0.39, 0.29) is 17.8 Å². The van der Waals surface area contributed by atoms with Crippen molar-refractivity contribution >= 4 is 17.8 Å². The van der Waals surface area contributed by atoms with E-state index in [0.29, 0.717) is 0 Å². The van der Waals surface area contributed by atoms with Gasteiger partial charge in [-0.3, -0.25) is 0 Å². The van der Waals surface area contributed by atoms with Gasteiger partial charge < -0.3 is 0 Å². The molecule has 11 heavy (non-hydrogen) atoms. The molecule has 0 radical (unpaired) electrons. The van der Waals surface area contributed by atoms with Gasteiger partial charge in [0.15, 0.2) is 0 Å². The molecule has 0 nitrogen and oxygen atoms in total. The van der Waals surface area contributed by atoms with E-state index in [9.17, 15) is 0 Å². The van der Waals surface area contributed by atoms with Crippen LogP contribution in [0.15, 0.2) is 0 Å². The van der Waals surface area contributed by atoms with Crippen molar-refractivity contribution < 1.29 is 17.7 Å². The first-order valence-electron chi connectivity index (χ1n) is 4.83. The maximum absolute atomic E-state index is 2.80. The predicted molar refractivity (Wildman–Crippen MR) is 62.5 cm³/mol. The topological polar surface area (TPSA) is 0 Å². The van der Waals surface area contributed by atoms with E-state index in [2.05, 4.69) is 43.9 Å². The fourth-order valence-electron chi connectivity index (χ4n) is 2.00. The van der Waals surface area contributed by atoms with E-state index in [1.54, 1.807) is 0 Å². The van der Waals surface area contributed by atoms with Gasteiger partial charge in [-0.25, -0.2) is 0 Å². The SMILES string of the molecule is C[SiH](C)[Zr]([CH3])([SiH](C)C)[SiH](C)C. The van der Waals surface area contributed by atoms with Crippen LogP contribution in [0.5, 0.6) is 0 Å². The Morgan fingerprint density at radius 2 is 0.818 bits per heavy atom. The molecule has 0 bridgehead atoms. The molecular formula is C7H24Si3Zr. The summed E-state index contributed by atoms with van der Waals surface area (Å²) in [5, 5.41) is 0. The minimum atomic E-state index is -1.32. The van der Waals surface area contributed by atoms with E-state index in [1.807, 2.05) is 0 Å². The van der Waals surface area contributed by atoms with Crippen LogP contribution in [0.1, 0.15) is 0 Å². The molecule has 0 unspecified atom stereocenters. The predicted octanol–water partition coefficient (Wildman–Crippen LogP) is 2.14. The van der Waals surface area contributed by atoms with Gasteiger partial charge in [0.25, 0.3) is 0 Å². The number of hydrogen-bond acceptors (Lipinski definition) is 0. The normalized spacial score (nSPS) is 13.6. The summed E-state index contributed by atoms with van der Waals surface area (Å²) in [6, 6.07) is 0.